The number of hydrogen-bond donors (Lipinski definition) is 1. The molecular formula is C24H25N5S. The molecule has 0 bridgehead atoms. The summed E-state index contributed by atoms with van der Waals surface area (Å²) in [7, 11) is 4.33. The Morgan fingerprint density at radius 3 is 2.63 bits per heavy atom. The van der Waals surface area contributed by atoms with Crippen molar-refractivity contribution in [1.29, 1.82) is 0 Å². The van der Waals surface area contributed by atoms with Crippen molar-refractivity contribution < 1.29 is 0 Å². The summed E-state index contributed by atoms with van der Waals surface area (Å²) in [5.41, 5.74) is 5.52. The number of aromatic nitrogens is 2. The van der Waals surface area contributed by atoms with E-state index in [2.05, 4.69) is 81.6 Å². The third-order valence-corrected chi connectivity index (χ3v) is 6.65. The van der Waals surface area contributed by atoms with Crippen LogP contribution in [0.25, 0.3) is 21.5 Å². The van der Waals surface area contributed by atoms with Crippen molar-refractivity contribution >= 4 is 39.3 Å². The second-order valence-corrected chi connectivity index (χ2v) is 8.85. The van der Waals surface area contributed by atoms with Crippen molar-refractivity contribution in [3.63, 3.8) is 0 Å². The molecule has 0 aliphatic carbocycles. The summed E-state index contributed by atoms with van der Waals surface area (Å²) in [6.07, 6.45) is 4.92. The van der Waals surface area contributed by atoms with Gasteiger partial charge in [-0.3, -0.25) is 4.98 Å². The molecule has 0 spiro atoms. The average Bonchev–Trinajstić information content (AvgIpc) is 3.47. The highest BCUT2D eigenvalue weighted by Gasteiger charge is 2.23. The van der Waals surface area contributed by atoms with E-state index in [0.29, 0.717) is 6.04 Å². The molecule has 1 fully saturated rings. The van der Waals surface area contributed by atoms with E-state index in [1.54, 1.807) is 11.3 Å². The van der Waals surface area contributed by atoms with Gasteiger partial charge in [-0.2, -0.15) is 0 Å². The quantitative estimate of drug-likeness (QED) is 0.483. The molecule has 1 aliphatic rings. The maximum Gasteiger partial charge on any atom is 0.123 e. The van der Waals surface area contributed by atoms with Crippen LogP contribution in [0.2, 0.25) is 0 Å². The lowest BCUT2D eigenvalue weighted by Crippen LogP contribution is -2.31. The van der Waals surface area contributed by atoms with Gasteiger partial charge >= 0.3 is 0 Å². The zero-order valence-corrected chi connectivity index (χ0v) is 18.1. The maximum atomic E-state index is 4.53. The molecule has 5 nitrogen and oxygen atoms in total. The van der Waals surface area contributed by atoms with Crippen molar-refractivity contribution in [2.24, 2.45) is 0 Å². The molecule has 152 valence electrons. The fourth-order valence-electron chi connectivity index (χ4n) is 4.06. The zero-order valence-electron chi connectivity index (χ0n) is 17.2. The monoisotopic (exact) mass is 415 g/mol. The van der Waals surface area contributed by atoms with Crippen LogP contribution < -0.4 is 10.2 Å². The Hall–Kier alpha value is -2.96. The number of rotatable bonds is 5. The Labute approximate surface area is 181 Å². The number of hydrogen-bond acceptors (Lipinski definition) is 6. The second-order valence-electron chi connectivity index (χ2n) is 7.95. The highest BCUT2D eigenvalue weighted by atomic mass is 32.1. The number of pyridine rings is 1. The SMILES string of the molecule is CN(C)C1CCN(c2ccc(Nc3ccnc4ccc(-c5nccs5)cc34)cc2)C1. The first-order valence-corrected chi connectivity index (χ1v) is 11.1. The molecule has 6 heteroatoms. The summed E-state index contributed by atoms with van der Waals surface area (Å²) < 4.78 is 0. The van der Waals surface area contributed by atoms with Gasteiger partial charge in [-0.25, -0.2) is 4.98 Å². The lowest BCUT2D eigenvalue weighted by Gasteiger charge is -2.22. The van der Waals surface area contributed by atoms with Crippen molar-refractivity contribution in [2.45, 2.75) is 12.5 Å². The fourth-order valence-corrected chi connectivity index (χ4v) is 4.70. The van der Waals surface area contributed by atoms with Crippen LogP contribution in [0, 0.1) is 0 Å². The molecule has 1 N–H and O–H groups in total. The summed E-state index contributed by atoms with van der Waals surface area (Å²) >= 11 is 1.65. The molecule has 30 heavy (non-hydrogen) atoms. The minimum absolute atomic E-state index is 0.637. The van der Waals surface area contributed by atoms with Crippen LogP contribution in [0.15, 0.2) is 66.3 Å². The van der Waals surface area contributed by atoms with Gasteiger partial charge in [0.25, 0.3) is 0 Å². The minimum atomic E-state index is 0.637. The van der Waals surface area contributed by atoms with E-state index in [0.717, 1.165) is 45.9 Å². The average molecular weight is 416 g/mol. The molecule has 3 heterocycles. The summed E-state index contributed by atoms with van der Waals surface area (Å²) in [5.74, 6) is 0. The number of benzene rings is 2. The molecular weight excluding hydrogens is 390 g/mol. The Bertz CT molecular complexity index is 1140. The first kappa shape index (κ1) is 19.0. The van der Waals surface area contributed by atoms with Crippen LogP contribution in [-0.2, 0) is 0 Å². The molecule has 1 atom stereocenters. The van der Waals surface area contributed by atoms with Crippen molar-refractivity contribution in [3.05, 3.63) is 66.3 Å². The van der Waals surface area contributed by atoms with Gasteiger partial charge in [0.05, 0.1) is 5.52 Å². The third kappa shape index (κ3) is 3.76. The molecule has 0 radical (unpaired) electrons. The minimum Gasteiger partial charge on any atom is -0.370 e. The summed E-state index contributed by atoms with van der Waals surface area (Å²) in [5, 5.41) is 7.71. The van der Waals surface area contributed by atoms with Gasteiger partial charge in [-0.15, -0.1) is 11.3 Å². The highest BCUT2D eigenvalue weighted by Crippen LogP contribution is 2.31. The lowest BCUT2D eigenvalue weighted by atomic mass is 10.1. The molecule has 1 saturated heterocycles. The van der Waals surface area contributed by atoms with Crippen molar-refractivity contribution in [2.75, 3.05) is 37.4 Å². The highest BCUT2D eigenvalue weighted by molar-refractivity contribution is 7.13. The van der Waals surface area contributed by atoms with Gasteiger partial charge < -0.3 is 15.1 Å². The number of likely N-dealkylation sites (N-methyl/N-ethyl adjacent to an activating group) is 1. The number of thiazole rings is 1. The van der Waals surface area contributed by atoms with E-state index in [1.165, 1.54) is 12.1 Å². The Morgan fingerprint density at radius 2 is 1.90 bits per heavy atom. The van der Waals surface area contributed by atoms with E-state index >= 15 is 0 Å². The van der Waals surface area contributed by atoms with Gasteiger partial charge in [0.1, 0.15) is 5.01 Å². The number of fused-ring (bicyclic) bond motifs is 1. The molecule has 0 saturated carbocycles. The first-order valence-electron chi connectivity index (χ1n) is 10.2. The van der Waals surface area contributed by atoms with E-state index < -0.39 is 0 Å². The molecule has 1 aliphatic heterocycles. The maximum absolute atomic E-state index is 4.53. The molecule has 2 aromatic heterocycles. The van der Waals surface area contributed by atoms with Crippen LogP contribution in [0.4, 0.5) is 17.1 Å². The van der Waals surface area contributed by atoms with Crippen molar-refractivity contribution in [3.8, 4) is 10.6 Å². The van der Waals surface area contributed by atoms with E-state index in [4.69, 9.17) is 0 Å². The molecule has 0 amide bonds. The van der Waals surface area contributed by atoms with Gasteiger partial charge in [-0.05, 0) is 69.0 Å². The van der Waals surface area contributed by atoms with Gasteiger partial charge in [-0.1, -0.05) is 0 Å². The van der Waals surface area contributed by atoms with E-state index in [9.17, 15) is 0 Å². The van der Waals surface area contributed by atoms with Gasteiger partial charge in [0, 0.05) is 64.9 Å². The lowest BCUT2D eigenvalue weighted by molar-refractivity contribution is 0.315. The largest absolute Gasteiger partial charge is 0.370 e. The van der Waals surface area contributed by atoms with Crippen molar-refractivity contribution in [1.82, 2.24) is 14.9 Å². The van der Waals surface area contributed by atoms with E-state index in [-0.39, 0.29) is 0 Å². The molecule has 5 rings (SSSR count). The standard InChI is InChI=1S/C24H25N5S/c1-28(2)20-10-13-29(16-20)19-6-4-18(5-7-19)27-23-9-11-25-22-8-3-17(15-21(22)23)24-26-12-14-30-24/h3-9,11-12,14-15,20H,10,13,16H2,1-2H3,(H,25,27). The predicted molar refractivity (Wildman–Crippen MR) is 127 cm³/mol. The molecule has 4 aromatic rings. The van der Waals surface area contributed by atoms with Crippen LogP contribution in [-0.4, -0.2) is 48.1 Å². The third-order valence-electron chi connectivity index (χ3n) is 5.83. The summed E-state index contributed by atoms with van der Waals surface area (Å²) in [6, 6.07) is 17.7. The van der Waals surface area contributed by atoms with E-state index in [1.807, 2.05) is 23.8 Å². The van der Waals surface area contributed by atoms with Crippen LogP contribution in [0.3, 0.4) is 0 Å². The first-order chi connectivity index (χ1) is 14.7. The van der Waals surface area contributed by atoms with Crippen LogP contribution in [0.1, 0.15) is 6.42 Å². The van der Waals surface area contributed by atoms with Crippen LogP contribution in [0.5, 0.6) is 0 Å². The Balaban J connectivity index is 1.38. The van der Waals surface area contributed by atoms with Gasteiger partial charge in [0.2, 0.25) is 0 Å². The fraction of sp³-hybridized carbons (Fsp3) is 0.250. The Kier molecular flexibility index (Phi) is 5.11. The van der Waals surface area contributed by atoms with Gasteiger partial charge in [0.15, 0.2) is 0 Å². The smallest absolute Gasteiger partial charge is 0.123 e. The summed E-state index contributed by atoms with van der Waals surface area (Å²) in [6.45, 7) is 2.21. The molecule has 2 aromatic carbocycles. The normalized spacial score (nSPS) is 16.5. The Morgan fingerprint density at radius 1 is 1.03 bits per heavy atom. The number of nitrogens with one attached hydrogen (secondary N) is 1. The van der Waals surface area contributed by atoms with Crippen LogP contribution >= 0.6 is 11.3 Å². The summed E-state index contributed by atoms with van der Waals surface area (Å²) in [4.78, 5) is 13.8. The number of anilines is 3. The topological polar surface area (TPSA) is 44.3 Å². The molecule has 1 unspecified atom stereocenters. The number of nitrogens with zero attached hydrogens (tertiary/aromatic N) is 4. The zero-order chi connectivity index (χ0) is 20.5. The second kappa shape index (κ2) is 8.05. The predicted octanol–water partition coefficient (Wildman–Crippen LogP) is 5.24.